The van der Waals surface area contributed by atoms with Gasteiger partial charge in [0.25, 0.3) is 0 Å². The molecule has 1 aliphatic carbocycles. The molecule has 2 N–H and O–H groups in total. The first-order valence-corrected chi connectivity index (χ1v) is 13.3. The number of aromatic amines is 1. The summed E-state index contributed by atoms with van der Waals surface area (Å²) in [5.41, 5.74) is 7.46. The van der Waals surface area contributed by atoms with E-state index < -0.39 is 0 Å². The predicted molar refractivity (Wildman–Crippen MR) is 146 cm³/mol. The lowest BCUT2D eigenvalue weighted by molar-refractivity contribution is 0.341. The Balaban J connectivity index is 1.26. The number of hydrogen-bond donors (Lipinski definition) is 2. The van der Waals surface area contributed by atoms with Crippen LogP contribution in [-0.4, -0.2) is 34.9 Å². The molecule has 0 bridgehead atoms. The molecule has 0 amide bonds. The number of fused-ring (bicyclic) bond motifs is 2. The van der Waals surface area contributed by atoms with Gasteiger partial charge in [0.05, 0.1) is 23.8 Å². The van der Waals surface area contributed by atoms with Crippen LogP contribution < -0.4 is 5.32 Å². The maximum absolute atomic E-state index is 5.49. The standard InChI is InChI=1S/C29H34N8O/c1-17(2)37-16-20(14-32-37)26-34-25-22(11-12-30-27(25)35-26)19-9-10-21-18(13-19)7-6-8-23(21)31-15-24-33-28(36-38-24)29(3,4)5/h9-14,16-17,23,31H,6-8,15H2,1-5H3,(H,30,34,35). The summed E-state index contributed by atoms with van der Waals surface area (Å²) in [5.74, 6) is 2.15. The number of nitrogens with zero attached hydrogens (tertiary/aromatic N) is 6. The van der Waals surface area contributed by atoms with Gasteiger partial charge in [0, 0.05) is 35.5 Å². The SMILES string of the molecule is CC(C)n1cc(-c2nc3nccc(-c4ccc5c(c4)CCCC5NCc4nc(C(C)(C)C)no4)c3[nH]2)cn1. The van der Waals surface area contributed by atoms with Gasteiger partial charge in [0.15, 0.2) is 11.5 Å². The highest BCUT2D eigenvalue weighted by molar-refractivity contribution is 5.91. The lowest BCUT2D eigenvalue weighted by Crippen LogP contribution is -2.25. The van der Waals surface area contributed by atoms with Gasteiger partial charge < -0.3 is 14.8 Å². The molecule has 4 aromatic heterocycles. The molecule has 1 atom stereocenters. The number of hydrogen-bond acceptors (Lipinski definition) is 7. The Labute approximate surface area is 222 Å². The van der Waals surface area contributed by atoms with Gasteiger partial charge in [-0.2, -0.15) is 10.1 Å². The molecule has 4 heterocycles. The molecule has 0 saturated heterocycles. The van der Waals surface area contributed by atoms with Gasteiger partial charge in [-0.1, -0.05) is 44.1 Å². The van der Waals surface area contributed by atoms with E-state index >= 15 is 0 Å². The van der Waals surface area contributed by atoms with E-state index in [1.54, 1.807) is 0 Å². The van der Waals surface area contributed by atoms with E-state index in [-0.39, 0.29) is 11.5 Å². The van der Waals surface area contributed by atoms with Crippen LogP contribution in [0.4, 0.5) is 0 Å². The van der Waals surface area contributed by atoms with Crippen LogP contribution in [0.2, 0.25) is 0 Å². The summed E-state index contributed by atoms with van der Waals surface area (Å²) in [6.07, 6.45) is 8.98. The van der Waals surface area contributed by atoms with Crippen LogP contribution in [0.15, 0.2) is 47.4 Å². The lowest BCUT2D eigenvalue weighted by atomic mass is 9.85. The van der Waals surface area contributed by atoms with E-state index in [1.807, 2.05) is 23.3 Å². The largest absolute Gasteiger partial charge is 0.338 e. The second-order valence-electron chi connectivity index (χ2n) is 11.4. The molecule has 0 saturated carbocycles. The van der Waals surface area contributed by atoms with Crippen LogP contribution in [0.1, 0.15) is 82.4 Å². The molecule has 0 fully saturated rings. The van der Waals surface area contributed by atoms with Crippen LogP contribution >= 0.6 is 0 Å². The third-order valence-corrected chi connectivity index (χ3v) is 7.20. The fourth-order valence-electron chi connectivity index (χ4n) is 5.07. The van der Waals surface area contributed by atoms with E-state index in [0.717, 1.165) is 53.1 Å². The summed E-state index contributed by atoms with van der Waals surface area (Å²) in [5, 5.41) is 12.3. The Morgan fingerprint density at radius 1 is 1.16 bits per heavy atom. The van der Waals surface area contributed by atoms with Gasteiger partial charge in [-0.05, 0) is 55.9 Å². The van der Waals surface area contributed by atoms with Crippen molar-refractivity contribution in [1.82, 2.24) is 40.2 Å². The Morgan fingerprint density at radius 3 is 2.79 bits per heavy atom. The number of aromatic nitrogens is 7. The van der Waals surface area contributed by atoms with Crippen molar-refractivity contribution in [2.24, 2.45) is 0 Å². The van der Waals surface area contributed by atoms with Gasteiger partial charge in [0.2, 0.25) is 5.89 Å². The molecule has 196 valence electrons. The zero-order valence-electron chi connectivity index (χ0n) is 22.6. The highest BCUT2D eigenvalue weighted by Gasteiger charge is 2.24. The Kier molecular flexibility index (Phi) is 6.10. The van der Waals surface area contributed by atoms with E-state index in [0.29, 0.717) is 24.1 Å². The Bertz CT molecular complexity index is 1590. The number of H-pyrrole nitrogens is 1. The molecule has 9 heteroatoms. The minimum absolute atomic E-state index is 0.126. The van der Waals surface area contributed by atoms with Crippen LogP contribution in [0, 0.1) is 0 Å². The molecular formula is C29H34N8O. The summed E-state index contributed by atoms with van der Waals surface area (Å²) < 4.78 is 7.43. The fraction of sp³-hybridized carbons (Fsp3) is 0.414. The monoisotopic (exact) mass is 510 g/mol. The van der Waals surface area contributed by atoms with Crippen molar-refractivity contribution in [3.05, 3.63) is 65.7 Å². The van der Waals surface area contributed by atoms with E-state index in [2.05, 4.69) is 89.4 Å². The third kappa shape index (κ3) is 4.62. The number of benzene rings is 1. The molecule has 6 rings (SSSR count). The van der Waals surface area contributed by atoms with Crippen LogP contribution in [0.3, 0.4) is 0 Å². The number of imidazole rings is 1. The highest BCUT2D eigenvalue weighted by atomic mass is 16.5. The molecule has 1 aliphatic rings. The smallest absolute Gasteiger partial charge is 0.240 e. The molecule has 0 radical (unpaired) electrons. The molecule has 0 aliphatic heterocycles. The average Bonchev–Trinajstić information content (AvgIpc) is 3.65. The van der Waals surface area contributed by atoms with Crippen molar-refractivity contribution < 1.29 is 4.52 Å². The van der Waals surface area contributed by atoms with Gasteiger partial charge in [-0.3, -0.25) is 4.68 Å². The number of aryl methyl sites for hydroxylation is 1. The van der Waals surface area contributed by atoms with Crippen LogP contribution in [0.5, 0.6) is 0 Å². The summed E-state index contributed by atoms with van der Waals surface area (Å²) in [7, 11) is 0. The van der Waals surface area contributed by atoms with E-state index in [4.69, 9.17) is 9.51 Å². The maximum atomic E-state index is 5.49. The normalized spacial score (nSPS) is 15.9. The van der Waals surface area contributed by atoms with Gasteiger partial charge in [-0.25, -0.2) is 9.97 Å². The minimum Gasteiger partial charge on any atom is -0.338 e. The number of rotatable bonds is 6. The third-order valence-electron chi connectivity index (χ3n) is 7.20. The molecular weight excluding hydrogens is 476 g/mol. The minimum atomic E-state index is -0.126. The number of pyridine rings is 1. The summed E-state index contributed by atoms with van der Waals surface area (Å²) in [6, 6.07) is 9.39. The second kappa shape index (κ2) is 9.47. The second-order valence-corrected chi connectivity index (χ2v) is 11.4. The molecule has 0 spiro atoms. The van der Waals surface area contributed by atoms with Crippen molar-refractivity contribution in [2.75, 3.05) is 0 Å². The van der Waals surface area contributed by atoms with Gasteiger partial charge >= 0.3 is 0 Å². The first kappa shape index (κ1) is 24.5. The van der Waals surface area contributed by atoms with E-state index in [1.165, 1.54) is 11.1 Å². The highest BCUT2D eigenvalue weighted by Crippen LogP contribution is 2.35. The van der Waals surface area contributed by atoms with E-state index in [9.17, 15) is 0 Å². The van der Waals surface area contributed by atoms with Crippen LogP contribution in [0.25, 0.3) is 33.7 Å². The predicted octanol–water partition coefficient (Wildman–Crippen LogP) is 5.92. The number of nitrogens with one attached hydrogen (secondary N) is 2. The topological polar surface area (TPSA) is 110 Å². The quantitative estimate of drug-likeness (QED) is 0.292. The summed E-state index contributed by atoms with van der Waals surface area (Å²) in [4.78, 5) is 17.4. The van der Waals surface area contributed by atoms with Gasteiger partial charge in [0.1, 0.15) is 5.82 Å². The van der Waals surface area contributed by atoms with Crippen molar-refractivity contribution >= 4 is 11.2 Å². The molecule has 38 heavy (non-hydrogen) atoms. The zero-order chi connectivity index (χ0) is 26.4. The molecule has 1 aromatic carbocycles. The zero-order valence-corrected chi connectivity index (χ0v) is 22.6. The van der Waals surface area contributed by atoms with Crippen molar-refractivity contribution in [1.29, 1.82) is 0 Å². The molecule has 5 aromatic rings. The van der Waals surface area contributed by atoms with Gasteiger partial charge in [-0.15, -0.1) is 0 Å². The van der Waals surface area contributed by atoms with Crippen molar-refractivity contribution in [3.8, 4) is 22.5 Å². The summed E-state index contributed by atoms with van der Waals surface area (Å²) >= 11 is 0. The maximum Gasteiger partial charge on any atom is 0.240 e. The molecule has 1 unspecified atom stereocenters. The van der Waals surface area contributed by atoms with Crippen molar-refractivity contribution in [2.45, 2.75) is 77.9 Å². The summed E-state index contributed by atoms with van der Waals surface area (Å²) in [6.45, 7) is 11.0. The molecule has 9 nitrogen and oxygen atoms in total. The Morgan fingerprint density at radius 2 is 2.03 bits per heavy atom. The van der Waals surface area contributed by atoms with Crippen LogP contribution in [-0.2, 0) is 18.4 Å². The van der Waals surface area contributed by atoms with Crippen molar-refractivity contribution in [3.63, 3.8) is 0 Å². The first-order valence-electron chi connectivity index (χ1n) is 13.3. The average molecular weight is 511 g/mol. The lowest BCUT2D eigenvalue weighted by Gasteiger charge is -2.26. The first-order chi connectivity index (χ1) is 18.3. The fourth-order valence-corrected chi connectivity index (χ4v) is 5.07. The Hall–Kier alpha value is -3.85.